The van der Waals surface area contributed by atoms with Gasteiger partial charge in [0.05, 0.1) is 6.67 Å². The van der Waals surface area contributed by atoms with Crippen molar-refractivity contribution in [2.24, 2.45) is 0 Å². The molecule has 3 nitrogen and oxygen atoms in total. The molecule has 0 saturated heterocycles. The molecule has 6 heteroatoms. The van der Waals surface area contributed by atoms with Crippen LogP contribution >= 0.6 is 0 Å². The van der Waals surface area contributed by atoms with E-state index in [1.807, 2.05) is 49.4 Å². The highest BCUT2D eigenvalue weighted by molar-refractivity contribution is 5.44. The third-order valence-corrected chi connectivity index (χ3v) is 7.66. The van der Waals surface area contributed by atoms with Crippen LogP contribution in [0.2, 0.25) is 0 Å². The fourth-order valence-electron chi connectivity index (χ4n) is 5.38. The Bertz CT molecular complexity index is 1140. The van der Waals surface area contributed by atoms with Crippen molar-refractivity contribution < 1.29 is 17.9 Å². The molecule has 0 spiro atoms. The molecule has 40 heavy (non-hydrogen) atoms. The van der Waals surface area contributed by atoms with Gasteiger partial charge in [0.1, 0.15) is 5.75 Å². The van der Waals surface area contributed by atoms with E-state index in [9.17, 15) is 4.39 Å². The number of unbranched alkanes of at least 4 members (excludes halogenated alkanes) is 7. The van der Waals surface area contributed by atoms with Crippen molar-refractivity contribution in [1.29, 1.82) is 0 Å². The Kier molecular flexibility index (Phi) is 13.2. The summed E-state index contributed by atoms with van der Waals surface area (Å²) in [5.74, 6) is -0.436. The minimum Gasteiger partial charge on any atom is -0.457 e. The Morgan fingerprint density at radius 2 is 1.27 bits per heavy atom. The lowest BCUT2D eigenvalue weighted by Crippen LogP contribution is -2.31. The van der Waals surface area contributed by atoms with Crippen molar-refractivity contribution >= 4 is 11.4 Å². The van der Waals surface area contributed by atoms with Gasteiger partial charge in [-0.2, -0.15) is 4.39 Å². The Labute approximate surface area is 238 Å². The SMILES string of the molecule is Cc1ccccc1OC(F)C(F)C(CC(CCCCCCCCCCF)c1cccc(N)c1)c1cccc(N)c1. The summed E-state index contributed by atoms with van der Waals surface area (Å²) in [7, 11) is 0. The van der Waals surface area contributed by atoms with Crippen molar-refractivity contribution in [3.63, 3.8) is 0 Å². The molecule has 0 aromatic heterocycles. The van der Waals surface area contributed by atoms with E-state index in [0.29, 0.717) is 35.5 Å². The van der Waals surface area contributed by atoms with E-state index in [2.05, 4.69) is 0 Å². The highest BCUT2D eigenvalue weighted by atomic mass is 19.2. The van der Waals surface area contributed by atoms with E-state index in [-0.39, 0.29) is 12.6 Å². The summed E-state index contributed by atoms with van der Waals surface area (Å²) in [6.45, 7) is 1.58. The third-order valence-electron chi connectivity index (χ3n) is 7.66. The maximum absolute atomic E-state index is 16.1. The van der Waals surface area contributed by atoms with Crippen molar-refractivity contribution in [2.75, 3.05) is 18.1 Å². The van der Waals surface area contributed by atoms with Gasteiger partial charge in [-0.25, -0.2) is 4.39 Å². The molecule has 0 heterocycles. The van der Waals surface area contributed by atoms with Crippen LogP contribution in [-0.4, -0.2) is 19.2 Å². The number of aryl methyl sites for hydroxylation is 1. The summed E-state index contributed by atoms with van der Waals surface area (Å²) in [5.41, 5.74) is 15.8. The molecule has 218 valence electrons. The average molecular weight is 555 g/mol. The molecule has 3 aromatic rings. The minimum atomic E-state index is -2.13. The van der Waals surface area contributed by atoms with Gasteiger partial charge in [-0.15, -0.1) is 0 Å². The molecule has 0 saturated carbocycles. The van der Waals surface area contributed by atoms with Gasteiger partial charge >= 0.3 is 0 Å². The molecule has 3 aromatic carbocycles. The number of nitrogens with two attached hydrogens (primary N) is 2. The first kappa shape index (κ1) is 31.4. The Morgan fingerprint density at radius 1 is 0.700 bits per heavy atom. The van der Waals surface area contributed by atoms with Gasteiger partial charge in [0.15, 0.2) is 6.17 Å². The number of rotatable bonds is 18. The van der Waals surface area contributed by atoms with Gasteiger partial charge in [0, 0.05) is 17.3 Å². The highest BCUT2D eigenvalue weighted by Gasteiger charge is 2.35. The lowest BCUT2D eigenvalue weighted by molar-refractivity contribution is -0.0197. The number of hydrogen-bond donors (Lipinski definition) is 2. The van der Waals surface area contributed by atoms with E-state index >= 15 is 8.78 Å². The molecule has 3 rings (SSSR count). The first-order valence-corrected chi connectivity index (χ1v) is 14.7. The summed E-state index contributed by atoms with van der Waals surface area (Å²) in [6.07, 6.45) is 5.29. The fraction of sp³-hybridized carbons (Fsp3) is 0.471. The molecule has 0 aliphatic rings. The first-order valence-electron chi connectivity index (χ1n) is 14.7. The lowest BCUT2D eigenvalue weighted by Gasteiger charge is -2.29. The normalized spacial score (nSPS) is 14.4. The number of hydrogen-bond acceptors (Lipinski definition) is 3. The lowest BCUT2D eigenvalue weighted by atomic mass is 9.80. The number of anilines is 2. The van der Waals surface area contributed by atoms with E-state index in [4.69, 9.17) is 16.2 Å². The number of ether oxygens (including phenoxy) is 1. The number of para-hydroxylation sites is 1. The fourth-order valence-corrected chi connectivity index (χ4v) is 5.38. The Balaban J connectivity index is 1.75. The quantitative estimate of drug-likeness (QED) is 0.122. The average Bonchev–Trinajstić information content (AvgIpc) is 2.94. The largest absolute Gasteiger partial charge is 0.457 e. The van der Waals surface area contributed by atoms with Crippen molar-refractivity contribution in [3.8, 4) is 5.75 Å². The molecule has 0 aliphatic heterocycles. The van der Waals surface area contributed by atoms with Gasteiger partial charge in [-0.3, -0.25) is 4.39 Å². The molecule has 0 amide bonds. The van der Waals surface area contributed by atoms with E-state index in [1.54, 1.807) is 30.3 Å². The van der Waals surface area contributed by atoms with E-state index < -0.39 is 18.4 Å². The van der Waals surface area contributed by atoms with Crippen LogP contribution in [0.3, 0.4) is 0 Å². The second kappa shape index (κ2) is 16.8. The van der Waals surface area contributed by atoms with Crippen LogP contribution in [0.15, 0.2) is 72.8 Å². The van der Waals surface area contributed by atoms with Gasteiger partial charge in [0.2, 0.25) is 0 Å². The predicted octanol–water partition coefficient (Wildman–Crippen LogP) is 9.61. The molecule has 4 unspecified atom stereocenters. The molecule has 0 aliphatic carbocycles. The molecule has 4 N–H and O–H groups in total. The van der Waals surface area contributed by atoms with Gasteiger partial charge in [-0.05, 0) is 79.1 Å². The van der Waals surface area contributed by atoms with Crippen molar-refractivity contribution in [1.82, 2.24) is 0 Å². The third kappa shape index (κ3) is 10.1. The summed E-state index contributed by atoms with van der Waals surface area (Å²) in [6, 6.07) is 21.8. The van der Waals surface area contributed by atoms with E-state index in [0.717, 1.165) is 62.5 Å². The van der Waals surface area contributed by atoms with Crippen LogP contribution in [0.25, 0.3) is 0 Å². The van der Waals surface area contributed by atoms with Crippen LogP contribution in [0.1, 0.15) is 92.7 Å². The number of benzene rings is 3. The Hall–Kier alpha value is -3.15. The summed E-state index contributed by atoms with van der Waals surface area (Å²) >= 11 is 0. The minimum absolute atomic E-state index is 0.0107. The molecular formula is C34H45F3N2O. The van der Waals surface area contributed by atoms with Crippen LogP contribution in [0.5, 0.6) is 5.75 Å². The zero-order chi connectivity index (χ0) is 28.7. The highest BCUT2D eigenvalue weighted by Crippen LogP contribution is 2.39. The van der Waals surface area contributed by atoms with Crippen LogP contribution in [0.4, 0.5) is 24.5 Å². The monoisotopic (exact) mass is 554 g/mol. The van der Waals surface area contributed by atoms with Gasteiger partial charge < -0.3 is 16.2 Å². The molecule has 4 atom stereocenters. The van der Waals surface area contributed by atoms with E-state index in [1.165, 1.54) is 0 Å². The predicted molar refractivity (Wildman–Crippen MR) is 161 cm³/mol. The van der Waals surface area contributed by atoms with Crippen molar-refractivity contribution in [2.45, 2.75) is 95.5 Å². The molecule has 0 bridgehead atoms. The molecule has 0 fully saturated rings. The summed E-state index contributed by atoms with van der Waals surface area (Å²) in [4.78, 5) is 0. The smallest absolute Gasteiger partial charge is 0.269 e. The summed E-state index contributed by atoms with van der Waals surface area (Å²) in [5, 5.41) is 0. The maximum atomic E-state index is 16.1. The van der Waals surface area contributed by atoms with Crippen LogP contribution in [0, 0.1) is 6.92 Å². The number of halogens is 3. The van der Waals surface area contributed by atoms with Crippen LogP contribution < -0.4 is 16.2 Å². The number of alkyl halides is 3. The summed E-state index contributed by atoms with van der Waals surface area (Å²) < 4.78 is 49.3. The zero-order valence-corrected chi connectivity index (χ0v) is 23.7. The Morgan fingerprint density at radius 3 is 1.90 bits per heavy atom. The van der Waals surface area contributed by atoms with Gasteiger partial charge in [0.25, 0.3) is 6.36 Å². The maximum Gasteiger partial charge on any atom is 0.269 e. The molecule has 0 radical (unpaired) electrons. The topological polar surface area (TPSA) is 61.3 Å². The zero-order valence-electron chi connectivity index (χ0n) is 23.7. The second-order valence-electron chi connectivity index (χ2n) is 10.9. The first-order chi connectivity index (χ1) is 19.4. The van der Waals surface area contributed by atoms with Crippen molar-refractivity contribution in [3.05, 3.63) is 89.5 Å². The molecular weight excluding hydrogens is 509 g/mol. The standard InChI is InChI=1S/C34H45F3N2O/c1-25-14-9-10-20-32(25)40-34(37)33(36)31(28-17-13-19-30(39)23-28)24-27(26-16-12-18-29(38)22-26)15-8-6-4-2-3-5-7-11-21-35/h9-10,12-14,16-20,22-23,27,31,33-34H,2-8,11,15,21,24,38-39H2,1H3. The number of nitrogen functional groups attached to an aromatic ring is 2. The van der Waals surface area contributed by atoms with Gasteiger partial charge in [-0.1, -0.05) is 87.4 Å². The van der Waals surface area contributed by atoms with Crippen LogP contribution in [-0.2, 0) is 0 Å². The second-order valence-corrected chi connectivity index (χ2v) is 10.9.